The van der Waals surface area contributed by atoms with Crippen molar-refractivity contribution in [1.82, 2.24) is 4.90 Å². The highest BCUT2D eigenvalue weighted by molar-refractivity contribution is 7.89. The fraction of sp³-hybridized carbons (Fsp3) is 1.00. The van der Waals surface area contributed by atoms with E-state index in [1.54, 1.807) is 0 Å². The van der Waals surface area contributed by atoms with Crippen LogP contribution in [0.2, 0.25) is 0 Å². The minimum absolute atomic E-state index is 0.102. The zero-order valence-electron chi connectivity index (χ0n) is 8.23. The lowest BCUT2D eigenvalue weighted by molar-refractivity contribution is 0.217. The Labute approximate surface area is 80.1 Å². The second-order valence-corrected chi connectivity index (χ2v) is 5.62. The molecule has 1 rings (SSSR count). The molecule has 1 aliphatic heterocycles. The molecule has 1 unspecified atom stereocenters. The van der Waals surface area contributed by atoms with Crippen molar-refractivity contribution < 1.29 is 8.42 Å². The Kier molecular flexibility index (Phi) is 3.32. The zero-order valence-corrected chi connectivity index (χ0v) is 9.05. The van der Waals surface area contributed by atoms with Crippen molar-refractivity contribution in [3.63, 3.8) is 0 Å². The van der Waals surface area contributed by atoms with Crippen molar-refractivity contribution in [1.29, 1.82) is 0 Å². The molecule has 0 aromatic carbocycles. The van der Waals surface area contributed by atoms with E-state index in [4.69, 9.17) is 5.14 Å². The highest BCUT2D eigenvalue weighted by Gasteiger charge is 2.29. The van der Waals surface area contributed by atoms with Crippen molar-refractivity contribution in [3.05, 3.63) is 0 Å². The number of hydrogen-bond acceptors (Lipinski definition) is 3. The Morgan fingerprint density at radius 1 is 1.54 bits per heavy atom. The van der Waals surface area contributed by atoms with Gasteiger partial charge in [-0.3, -0.25) is 4.90 Å². The monoisotopic (exact) mass is 206 g/mol. The highest BCUT2D eigenvalue weighted by Crippen LogP contribution is 2.20. The highest BCUT2D eigenvalue weighted by atomic mass is 32.2. The molecule has 1 saturated heterocycles. The summed E-state index contributed by atoms with van der Waals surface area (Å²) < 4.78 is 21.8. The van der Waals surface area contributed by atoms with Crippen LogP contribution in [0.5, 0.6) is 0 Å². The SMILES string of the molecule is CC(C)N1CCCC1CS(N)(=O)=O. The Morgan fingerprint density at radius 3 is 2.62 bits per heavy atom. The minimum Gasteiger partial charge on any atom is -0.297 e. The standard InChI is InChI=1S/C8H18N2O2S/c1-7(2)10-5-3-4-8(10)6-13(9,11)12/h7-8H,3-6H2,1-2H3,(H2,9,11,12). The van der Waals surface area contributed by atoms with Gasteiger partial charge in [0.25, 0.3) is 0 Å². The number of nitrogens with zero attached hydrogens (tertiary/aromatic N) is 1. The number of nitrogens with two attached hydrogens (primary N) is 1. The van der Waals surface area contributed by atoms with E-state index in [2.05, 4.69) is 18.7 Å². The fourth-order valence-corrected chi connectivity index (χ4v) is 2.88. The summed E-state index contributed by atoms with van der Waals surface area (Å²) in [5.74, 6) is 0.102. The maximum Gasteiger partial charge on any atom is 0.210 e. The van der Waals surface area contributed by atoms with Crippen LogP contribution in [-0.4, -0.2) is 37.7 Å². The van der Waals surface area contributed by atoms with Crippen LogP contribution in [0.4, 0.5) is 0 Å². The van der Waals surface area contributed by atoms with Gasteiger partial charge in [-0.2, -0.15) is 0 Å². The molecule has 2 N–H and O–H groups in total. The minimum atomic E-state index is -3.32. The third-order valence-electron chi connectivity index (χ3n) is 2.51. The van der Waals surface area contributed by atoms with Gasteiger partial charge in [0.2, 0.25) is 10.0 Å². The molecule has 0 saturated carbocycles. The van der Waals surface area contributed by atoms with E-state index >= 15 is 0 Å². The largest absolute Gasteiger partial charge is 0.297 e. The molecule has 0 radical (unpaired) electrons. The maximum absolute atomic E-state index is 10.9. The summed E-state index contributed by atoms with van der Waals surface area (Å²) in [6.07, 6.45) is 2.03. The fourth-order valence-electron chi connectivity index (χ4n) is 1.98. The first kappa shape index (κ1) is 10.9. The molecule has 0 spiro atoms. The second-order valence-electron chi connectivity index (χ2n) is 3.96. The van der Waals surface area contributed by atoms with E-state index in [1.807, 2.05) is 0 Å². The van der Waals surface area contributed by atoms with Crippen molar-refractivity contribution in [2.75, 3.05) is 12.3 Å². The molecule has 4 nitrogen and oxygen atoms in total. The molecule has 13 heavy (non-hydrogen) atoms. The molecule has 0 aromatic heterocycles. The molecule has 5 heteroatoms. The van der Waals surface area contributed by atoms with Crippen LogP contribution in [0, 0.1) is 0 Å². The molecule has 1 fully saturated rings. The van der Waals surface area contributed by atoms with E-state index in [-0.39, 0.29) is 11.8 Å². The van der Waals surface area contributed by atoms with Crippen LogP contribution in [0.3, 0.4) is 0 Å². The van der Waals surface area contributed by atoms with Gasteiger partial charge in [0.15, 0.2) is 0 Å². The van der Waals surface area contributed by atoms with Gasteiger partial charge in [-0.25, -0.2) is 13.6 Å². The van der Waals surface area contributed by atoms with Gasteiger partial charge in [-0.05, 0) is 33.2 Å². The molecule has 78 valence electrons. The quantitative estimate of drug-likeness (QED) is 0.715. The first-order chi connectivity index (χ1) is 5.90. The van der Waals surface area contributed by atoms with Gasteiger partial charge in [-0.15, -0.1) is 0 Å². The summed E-state index contributed by atoms with van der Waals surface area (Å²) >= 11 is 0. The van der Waals surface area contributed by atoms with E-state index < -0.39 is 10.0 Å². The Balaban J connectivity index is 2.59. The van der Waals surface area contributed by atoms with E-state index in [0.717, 1.165) is 19.4 Å². The van der Waals surface area contributed by atoms with Gasteiger partial charge in [0, 0.05) is 12.1 Å². The van der Waals surface area contributed by atoms with E-state index in [0.29, 0.717) is 6.04 Å². The van der Waals surface area contributed by atoms with Crippen LogP contribution in [0.1, 0.15) is 26.7 Å². The molecule has 1 heterocycles. The van der Waals surface area contributed by atoms with Gasteiger partial charge in [0.1, 0.15) is 0 Å². The average Bonchev–Trinajstić information content (AvgIpc) is 2.31. The number of likely N-dealkylation sites (tertiary alicyclic amines) is 1. The lowest BCUT2D eigenvalue weighted by Gasteiger charge is -2.27. The third-order valence-corrected chi connectivity index (χ3v) is 3.36. The van der Waals surface area contributed by atoms with Crippen LogP contribution < -0.4 is 5.14 Å². The maximum atomic E-state index is 10.9. The summed E-state index contributed by atoms with van der Waals surface area (Å²) in [5.41, 5.74) is 0. The molecule has 0 amide bonds. The summed E-state index contributed by atoms with van der Waals surface area (Å²) in [4.78, 5) is 2.21. The molecule has 0 aliphatic carbocycles. The molecule has 1 aliphatic rings. The number of hydrogen-bond donors (Lipinski definition) is 1. The van der Waals surface area contributed by atoms with E-state index in [1.165, 1.54) is 0 Å². The van der Waals surface area contributed by atoms with Gasteiger partial charge < -0.3 is 0 Å². The molecular weight excluding hydrogens is 188 g/mol. The Hall–Kier alpha value is -0.130. The normalized spacial score (nSPS) is 25.7. The summed E-state index contributed by atoms with van der Waals surface area (Å²) in [5, 5.41) is 5.02. The Morgan fingerprint density at radius 2 is 2.15 bits per heavy atom. The molecule has 1 atom stereocenters. The average molecular weight is 206 g/mol. The molecule has 0 aromatic rings. The predicted molar refractivity (Wildman–Crippen MR) is 52.8 cm³/mol. The number of rotatable bonds is 3. The molecular formula is C8H18N2O2S. The summed E-state index contributed by atoms with van der Waals surface area (Å²) in [6, 6.07) is 0.546. The summed E-state index contributed by atoms with van der Waals surface area (Å²) in [7, 11) is -3.32. The van der Waals surface area contributed by atoms with Gasteiger partial charge >= 0.3 is 0 Å². The first-order valence-electron chi connectivity index (χ1n) is 4.66. The third kappa shape index (κ3) is 3.25. The first-order valence-corrected chi connectivity index (χ1v) is 6.38. The van der Waals surface area contributed by atoms with Gasteiger partial charge in [0.05, 0.1) is 5.75 Å². The summed E-state index contributed by atoms with van der Waals surface area (Å²) in [6.45, 7) is 5.17. The van der Waals surface area contributed by atoms with Gasteiger partial charge in [-0.1, -0.05) is 0 Å². The number of sulfonamides is 1. The van der Waals surface area contributed by atoms with Crippen molar-refractivity contribution >= 4 is 10.0 Å². The van der Waals surface area contributed by atoms with Crippen LogP contribution in [-0.2, 0) is 10.0 Å². The smallest absolute Gasteiger partial charge is 0.210 e. The Bertz CT molecular complexity index is 261. The van der Waals surface area contributed by atoms with Crippen molar-refractivity contribution in [3.8, 4) is 0 Å². The van der Waals surface area contributed by atoms with E-state index in [9.17, 15) is 8.42 Å². The zero-order chi connectivity index (χ0) is 10.1. The lowest BCUT2D eigenvalue weighted by Crippen LogP contribution is -2.41. The van der Waals surface area contributed by atoms with Crippen molar-refractivity contribution in [2.24, 2.45) is 5.14 Å². The van der Waals surface area contributed by atoms with Crippen LogP contribution >= 0.6 is 0 Å². The lowest BCUT2D eigenvalue weighted by atomic mass is 10.2. The predicted octanol–water partition coefficient (Wildman–Crippen LogP) is 0.148. The number of primary sulfonamides is 1. The van der Waals surface area contributed by atoms with Crippen LogP contribution in [0.15, 0.2) is 0 Å². The van der Waals surface area contributed by atoms with Crippen LogP contribution in [0.25, 0.3) is 0 Å². The molecule has 0 bridgehead atoms. The second kappa shape index (κ2) is 3.94. The van der Waals surface area contributed by atoms with Crippen molar-refractivity contribution in [2.45, 2.75) is 38.8 Å². The topological polar surface area (TPSA) is 63.4 Å².